The Balaban J connectivity index is 1.98. The Bertz CT molecular complexity index is 407. The van der Waals surface area contributed by atoms with E-state index in [2.05, 4.69) is 24.9 Å². The average Bonchev–Trinajstić information content (AvgIpc) is 2.46. The predicted molar refractivity (Wildman–Crippen MR) is 65.6 cm³/mol. The third kappa shape index (κ3) is 3.30. The molecular weight excluding hydrogens is 236 g/mol. The molecule has 1 aromatic heterocycles. The quantitative estimate of drug-likeness (QED) is 0.750. The van der Waals surface area contributed by atoms with Gasteiger partial charge >= 0.3 is 5.97 Å². The van der Waals surface area contributed by atoms with E-state index in [1.165, 1.54) is 13.4 Å². The zero-order valence-electron chi connectivity index (χ0n) is 10.3. The summed E-state index contributed by atoms with van der Waals surface area (Å²) in [5.74, 6) is 1.11. The molecule has 0 unspecified atom stereocenters. The monoisotopic (exact) mass is 252 g/mol. The largest absolute Gasteiger partial charge is 0.468 e. The van der Waals surface area contributed by atoms with Crippen molar-refractivity contribution in [1.82, 2.24) is 9.97 Å². The van der Waals surface area contributed by atoms with Gasteiger partial charge in [-0.25, -0.2) is 9.97 Å². The van der Waals surface area contributed by atoms with Gasteiger partial charge in [0.2, 0.25) is 0 Å². The van der Waals surface area contributed by atoms with E-state index < -0.39 is 0 Å². The Kier molecular flexibility index (Phi) is 4.30. The number of methoxy groups -OCH3 is 1. The molecule has 18 heavy (non-hydrogen) atoms. The zero-order valence-corrected chi connectivity index (χ0v) is 10.3. The van der Waals surface area contributed by atoms with Crippen molar-refractivity contribution in [3.05, 3.63) is 12.4 Å². The van der Waals surface area contributed by atoms with Gasteiger partial charge in [0, 0.05) is 19.2 Å². The molecule has 0 spiro atoms. The lowest BCUT2D eigenvalue weighted by atomic mass is 10.4. The predicted octanol–water partition coefficient (Wildman–Crippen LogP) is -0.102. The number of carbonyl (C=O) groups excluding carboxylic acids is 1. The summed E-state index contributed by atoms with van der Waals surface area (Å²) >= 11 is 0. The minimum Gasteiger partial charge on any atom is -0.468 e. The van der Waals surface area contributed by atoms with Crippen LogP contribution in [0.4, 0.5) is 11.6 Å². The van der Waals surface area contributed by atoms with Crippen LogP contribution in [0.3, 0.4) is 0 Å². The second-order valence-electron chi connectivity index (χ2n) is 3.79. The van der Waals surface area contributed by atoms with Crippen LogP contribution in [-0.2, 0) is 14.3 Å². The molecule has 7 nitrogen and oxygen atoms in total. The number of ether oxygens (including phenoxy) is 2. The third-order valence-electron chi connectivity index (χ3n) is 2.63. The van der Waals surface area contributed by atoms with Gasteiger partial charge in [0.25, 0.3) is 0 Å². The lowest BCUT2D eigenvalue weighted by Crippen LogP contribution is -2.36. The van der Waals surface area contributed by atoms with Gasteiger partial charge in [-0.2, -0.15) is 0 Å². The number of anilines is 2. The summed E-state index contributed by atoms with van der Waals surface area (Å²) in [7, 11) is 1.35. The Morgan fingerprint density at radius 1 is 1.50 bits per heavy atom. The van der Waals surface area contributed by atoms with Crippen LogP contribution in [0.5, 0.6) is 0 Å². The maximum Gasteiger partial charge on any atom is 0.325 e. The molecule has 1 N–H and O–H groups in total. The summed E-state index contributed by atoms with van der Waals surface area (Å²) in [6, 6.07) is 1.81. The number of hydrogen-bond donors (Lipinski definition) is 1. The van der Waals surface area contributed by atoms with Crippen LogP contribution in [-0.4, -0.2) is 55.9 Å². The summed E-state index contributed by atoms with van der Waals surface area (Å²) in [5, 5.41) is 2.89. The second kappa shape index (κ2) is 6.15. The van der Waals surface area contributed by atoms with Crippen LogP contribution in [0.2, 0.25) is 0 Å². The lowest BCUT2D eigenvalue weighted by molar-refractivity contribution is -0.138. The first-order chi connectivity index (χ1) is 8.79. The minimum absolute atomic E-state index is 0.0933. The molecule has 0 amide bonds. The van der Waals surface area contributed by atoms with E-state index in [9.17, 15) is 4.79 Å². The molecule has 0 atom stereocenters. The number of nitrogens with zero attached hydrogens (tertiary/aromatic N) is 3. The molecule has 7 heteroatoms. The Labute approximate surface area is 105 Å². The third-order valence-corrected chi connectivity index (χ3v) is 2.63. The molecule has 1 aliphatic heterocycles. The molecule has 1 fully saturated rings. The number of rotatable bonds is 4. The Morgan fingerprint density at radius 3 is 3.00 bits per heavy atom. The summed E-state index contributed by atoms with van der Waals surface area (Å²) in [6.45, 7) is 3.13. The summed E-state index contributed by atoms with van der Waals surface area (Å²) in [5.41, 5.74) is 0. The number of nitrogens with one attached hydrogen (secondary N) is 1. The van der Waals surface area contributed by atoms with Crippen LogP contribution in [0, 0.1) is 0 Å². The molecule has 0 bridgehead atoms. The van der Waals surface area contributed by atoms with Crippen molar-refractivity contribution in [2.45, 2.75) is 0 Å². The van der Waals surface area contributed by atoms with Crippen molar-refractivity contribution >= 4 is 17.6 Å². The maximum absolute atomic E-state index is 11.0. The normalized spacial score (nSPS) is 15.3. The van der Waals surface area contributed by atoms with E-state index in [0.29, 0.717) is 19.0 Å². The highest BCUT2D eigenvalue weighted by Gasteiger charge is 2.13. The van der Waals surface area contributed by atoms with E-state index in [1.807, 2.05) is 6.07 Å². The van der Waals surface area contributed by atoms with Gasteiger partial charge in [-0.1, -0.05) is 0 Å². The van der Waals surface area contributed by atoms with Gasteiger partial charge in [-0.3, -0.25) is 4.79 Å². The van der Waals surface area contributed by atoms with E-state index >= 15 is 0 Å². The maximum atomic E-state index is 11.0. The molecular formula is C11H16N4O3. The number of esters is 1. The number of aromatic nitrogens is 2. The van der Waals surface area contributed by atoms with Crippen molar-refractivity contribution in [2.75, 3.05) is 50.2 Å². The van der Waals surface area contributed by atoms with Crippen molar-refractivity contribution in [1.29, 1.82) is 0 Å². The SMILES string of the molecule is COC(=O)CNc1cc(N2CCOCC2)ncn1. The van der Waals surface area contributed by atoms with Crippen LogP contribution in [0.15, 0.2) is 12.4 Å². The van der Waals surface area contributed by atoms with E-state index in [1.54, 1.807) is 0 Å². The highest BCUT2D eigenvalue weighted by molar-refractivity contribution is 5.74. The smallest absolute Gasteiger partial charge is 0.325 e. The molecule has 2 heterocycles. The number of hydrogen-bond acceptors (Lipinski definition) is 7. The first-order valence-electron chi connectivity index (χ1n) is 5.75. The summed E-state index contributed by atoms with van der Waals surface area (Å²) < 4.78 is 9.83. The second-order valence-corrected chi connectivity index (χ2v) is 3.79. The highest BCUT2D eigenvalue weighted by atomic mass is 16.5. The van der Waals surface area contributed by atoms with Crippen LogP contribution in [0.1, 0.15) is 0 Å². The molecule has 2 rings (SSSR count). The molecule has 98 valence electrons. The molecule has 0 aliphatic carbocycles. The lowest BCUT2D eigenvalue weighted by Gasteiger charge is -2.27. The first kappa shape index (κ1) is 12.6. The van der Waals surface area contributed by atoms with Gasteiger partial charge < -0.3 is 19.7 Å². The fourth-order valence-electron chi connectivity index (χ4n) is 1.64. The highest BCUT2D eigenvalue weighted by Crippen LogP contribution is 2.15. The Hall–Kier alpha value is -1.89. The summed E-state index contributed by atoms with van der Waals surface area (Å²) in [6.07, 6.45) is 1.48. The van der Waals surface area contributed by atoms with E-state index in [0.717, 1.165) is 18.9 Å². The van der Waals surface area contributed by atoms with Crippen molar-refractivity contribution in [3.63, 3.8) is 0 Å². The average molecular weight is 252 g/mol. The van der Waals surface area contributed by atoms with Crippen LogP contribution in [0.25, 0.3) is 0 Å². The molecule has 1 aromatic rings. The van der Waals surface area contributed by atoms with Crippen molar-refractivity contribution < 1.29 is 14.3 Å². The van der Waals surface area contributed by atoms with Crippen molar-refractivity contribution in [2.24, 2.45) is 0 Å². The van der Waals surface area contributed by atoms with Gasteiger partial charge in [0.1, 0.15) is 24.5 Å². The van der Waals surface area contributed by atoms with Crippen LogP contribution >= 0.6 is 0 Å². The van der Waals surface area contributed by atoms with E-state index in [4.69, 9.17) is 4.74 Å². The fraction of sp³-hybridized carbons (Fsp3) is 0.545. The molecule has 0 saturated carbocycles. The minimum atomic E-state index is -0.332. The fourth-order valence-corrected chi connectivity index (χ4v) is 1.64. The molecule has 1 aliphatic rings. The summed E-state index contributed by atoms with van der Waals surface area (Å²) in [4.78, 5) is 21.4. The van der Waals surface area contributed by atoms with Gasteiger partial charge in [0.05, 0.1) is 20.3 Å². The molecule has 1 saturated heterocycles. The van der Waals surface area contributed by atoms with Crippen LogP contribution < -0.4 is 10.2 Å². The van der Waals surface area contributed by atoms with Gasteiger partial charge in [0.15, 0.2) is 0 Å². The van der Waals surface area contributed by atoms with E-state index in [-0.39, 0.29) is 12.5 Å². The topological polar surface area (TPSA) is 76.6 Å². The first-order valence-corrected chi connectivity index (χ1v) is 5.75. The molecule has 0 radical (unpaired) electrons. The standard InChI is InChI=1S/C11H16N4O3/c1-17-11(16)7-12-9-6-10(14-8-13-9)15-2-4-18-5-3-15/h6,8H,2-5,7H2,1H3,(H,12,13,14). The van der Waals surface area contributed by atoms with Gasteiger partial charge in [-0.05, 0) is 0 Å². The number of morpholine rings is 1. The molecule has 0 aromatic carbocycles. The number of carbonyl (C=O) groups is 1. The zero-order chi connectivity index (χ0) is 12.8. The van der Waals surface area contributed by atoms with Gasteiger partial charge in [-0.15, -0.1) is 0 Å². The van der Waals surface area contributed by atoms with Crippen molar-refractivity contribution in [3.8, 4) is 0 Å². The Morgan fingerprint density at radius 2 is 2.28 bits per heavy atom.